The molecule has 0 aliphatic heterocycles. The van der Waals surface area contributed by atoms with E-state index < -0.39 is 0 Å². The first-order valence-electron chi connectivity index (χ1n) is 6.78. The van der Waals surface area contributed by atoms with Crippen molar-refractivity contribution in [2.75, 3.05) is 26.8 Å². The van der Waals surface area contributed by atoms with Crippen molar-refractivity contribution in [3.63, 3.8) is 0 Å². The molecule has 3 N–H and O–H groups in total. The van der Waals surface area contributed by atoms with Gasteiger partial charge in [-0.05, 0) is 24.8 Å². The van der Waals surface area contributed by atoms with Crippen LogP contribution >= 0.6 is 0 Å². The van der Waals surface area contributed by atoms with Crippen LogP contribution in [0.2, 0.25) is 0 Å². The van der Waals surface area contributed by atoms with Crippen LogP contribution in [0.5, 0.6) is 0 Å². The monoisotopic (exact) mass is 264 g/mol. The van der Waals surface area contributed by atoms with Gasteiger partial charge < -0.3 is 15.8 Å². The van der Waals surface area contributed by atoms with Gasteiger partial charge in [-0.25, -0.2) is 0 Å². The van der Waals surface area contributed by atoms with Gasteiger partial charge in [0, 0.05) is 26.8 Å². The molecule has 1 aromatic carbocycles. The minimum absolute atomic E-state index is 0.0452. The number of amides is 1. The Bertz CT molecular complexity index is 354. The van der Waals surface area contributed by atoms with Crippen LogP contribution in [0, 0.1) is 5.92 Å². The average molecular weight is 264 g/mol. The molecule has 1 amide bonds. The number of hydrogen-bond acceptors (Lipinski definition) is 3. The van der Waals surface area contributed by atoms with Gasteiger partial charge in [0.2, 0.25) is 5.91 Å². The third-order valence-corrected chi connectivity index (χ3v) is 3.05. The zero-order chi connectivity index (χ0) is 13.9. The Kier molecular flexibility index (Phi) is 7.86. The number of hydrogen-bond donors (Lipinski definition) is 2. The van der Waals surface area contributed by atoms with Crippen LogP contribution in [0.15, 0.2) is 30.3 Å². The standard InChI is InChI=1S/C15H24N2O2/c1-19-10-6-5-9-17-15(18)14(12-16)11-13-7-3-2-4-8-13/h2-4,7-8,14H,5-6,9-12,16H2,1H3,(H,17,18). The van der Waals surface area contributed by atoms with Crippen molar-refractivity contribution in [3.8, 4) is 0 Å². The second-order valence-corrected chi connectivity index (χ2v) is 4.61. The van der Waals surface area contributed by atoms with E-state index in [1.807, 2.05) is 30.3 Å². The lowest BCUT2D eigenvalue weighted by Crippen LogP contribution is -2.36. The van der Waals surface area contributed by atoms with Crippen molar-refractivity contribution in [3.05, 3.63) is 35.9 Å². The Hall–Kier alpha value is -1.39. The third kappa shape index (κ3) is 6.36. The van der Waals surface area contributed by atoms with Crippen molar-refractivity contribution in [2.45, 2.75) is 19.3 Å². The second kappa shape index (κ2) is 9.53. The summed E-state index contributed by atoms with van der Waals surface area (Å²) in [6.45, 7) is 1.80. The van der Waals surface area contributed by atoms with Gasteiger partial charge in [0.1, 0.15) is 0 Å². The highest BCUT2D eigenvalue weighted by Gasteiger charge is 2.16. The number of carbonyl (C=O) groups excluding carboxylic acids is 1. The van der Waals surface area contributed by atoms with Gasteiger partial charge in [-0.15, -0.1) is 0 Å². The number of benzene rings is 1. The first-order valence-corrected chi connectivity index (χ1v) is 6.78. The van der Waals surface area contributed by atoms with E-state index in [1.165, 1.54) is 0 Å². The van der Waals surface area contributed by atoms with Crippen LogP contribution in [0.25, 0.3) is 0 Å². The largest absolute Gasteiger partial charge is 0.385 e. The van der Waals surface area contributed by atoms with Gasteiger partial charge in [0.25, 0.3) is 0 Å². The molecule has 1 unspecified atom stereocenters. The smallest absolute Gasteiger partial charge is 0.224 e. The number of rotatable bonds is 9. The van der Waals surface area contributed by atoms with Gasteiger partial charge in [-0.1, -0.05) is 30.3 Å². The number of ether oxygens (including phenoxy) is 1. The van der Waals surface area contributed by atoms with Crippen LogP contribution in [0.3, 0.4) is 0 Å². The number of methoxy groups -OCH3 is 1. The summed E-state index contributed by atoms with van der Waals surface area (Å²) in [7, 11) is 1.68. The molecular weight excluding hydrogens is 240 g/mol. The topological polar surface area (TPSA) is 64.3 Å². The van der Waals surface area contributed by atoms with Crippen molar-refractivity contribution < 1.29 is 9.53 Å². The molecule has 0 fully saturated rings. The van der Waals surface area contributed by atoms with E-state index in [4.69, 9.17) is 10.5 Å². The zero-order valence-electron chi connectivity index (χ0n) is 11.6. The van der Waals surface area contributed by atoms with E-state index in [1.54, 1.807) is 7.11 Å². The summed E-state index contributed by atoms with van der Waals surface area (Å²) in [6, 6.07) is 9.97. The van der Waals surface area contributed by atoms with Crippen molar-refractivity contribution >= 4 is 5.91 Å². The molecule has 0 heterocycles. The predicted octanol–water partition coefficient (Wildman–Crippen LogP) is 1.35. The fraction of sp³-hybridized carbons (Fsp3) is 0.533. The summed E-state index contributed by atoms with van der Waals surface area (Å²) in [4.78, 5) is 12.0. The maximum absolute atomic E-state index is 12.0. The molecule has 4 heteroatoms. The SMILES string of the molecule is COCCCCNC(=O)C(CN)Cc1ccccc1. The normalized spacial score (nSPS) is 12.1. The van der Waals surface area contributed by atoms with E-state index in [2.05, 4.69) is 5.32 Å². The fourth-order valence-corrected chi connectivity index (χ4v) is 1.91. The van der Waals surface area contributed by atoms with Crippen LogP contribution in [-0.2, 0) is 16.0 Å². The average Bonchev–Trinajstić information content (AvgIpc) is 2.45. The Morgan fingerprint density at radius 3 is 2.68 bits per heavy atom. The molecular formula is C15H24N2O2. The highest BCUT2D eigenvalue weighted by Crippen LogP contribution is 2.08. The minimum atomic E-state index is -0.148. The molecule has 0 aliphatic carbocycles. The molecule has 1 aromatic rings. The molecule has 19 heavy (non-hydrogen) atoms. The molecule has 0 saturated carbocycles. The second-order valence-electron chi connectivity index (χ2n) is 4.61. The lowest BCUT2D eigenvalue weighted by Gasteiger charge is -2.15. The quantitative estimate of drug-likeness (QED) is 0.662. The number of carbonyl (C=O) groups is 1. The summed E-state index contributed by atoms with van der Waals surface area (Å²) in [5, 5.41) is 2.94. The highest BCUT2D eigenvalue weighted by molar-refractivity contribution is 5.79. The minimum Gasteiger partial charge on any atom is -0.385 e. The Morgan fingerprint density at radius 2 is 2.05 bits per heavy atom. The molecule has 0 spiro atoms. The number of unbranched alkanes of at least 4 members (excludes halogenated alkanes) is 1. The van der Waals surface area contributed by atoms with Crippen molar-refractivity contribution in [2.24, 2.45) is 11.7 Å². The van der Waals surface area contributed by atoms with Gasteiger partial charge >= 0.3 is 0 Å². The zero-order valence-corrected chi connectivity index (χ0v) is 11.6. The highest BCUT2D eigenvalue weighted by atomic mass is 16.5. The first kappa shape index (κ1) is 15.7. The fourth-order valence-electron chi connectivity index (χ4n) is 1.91. The van der Waals surface area contributed by atoms with Gasteiger partial charge in [-0.2, -0.15) is 0 Å². The molecule has 106 valence electrons. The summed E-state index contributed by atoms with van der Waals surface area (Å²) in [6.07, 6.45) is 2.59. The first-order chi connectivity index (χ1) is 9.27. The molecule has 0 radical (unpaired) electrons. The van der Waals surface area contributed by atoms with Crippen LogP contribution in [0.4, 0.5) is 0 Å². The van der Waals surface area contributed by atoms with Crippen LogP contribution < -0.4 is 11.1 Å². The van der Waals surface area contributed by atoms with E-state index in [-0.39, 0.29) is 11.8 Å². The van der Waals surface area contributed by atoms with Gasteiger partial charge in [0.05, 0.1) is 5.92 Å². The van der Waals surface area contributed by atoms with Gasteiger partial charge in [-0.3, -0.25) is 4.79 Å². The molecule has 0 aromatic heterocycles. The van der Waals surface area contributed by atoms with Gasteiger partial charge in [0.15, 0.2) is 0 Å². The van der Waals surface area contributed by atoms with E-state index in [0.717, 1.165) is 25.0 Å². The molecule has 1 atom stereocenters. The third-order valence-electron chi connectivity index (χ3n) is 3.05. The van der Waals surface area contributed by atoms with Crippen molar-refractivity contribution in [1.29, 1.82) is 0 Å². The van der Waals surface area contributed by atoms with Crippen molar-refractivity contribution in [1.82, 2.24) is 5.32 Å². The Morgan fingerprint density at radius 1 is 1.32 bits per heavy atom. The maximum atomic E-state index is 12.0. The summed E-state index contributed by atoms with van der Waals surface area (Å²) in [5.41, 5.74) is 6.84. The number of nitrogens with two attached hydrogens (primary N) is 1. The molecule has 0 bridgehead atoms. The molecule has 1 rings (SSSR count). The van der Waals surface area contributed by atoms with Crippen LogP contribution in [-0.4, -0.2) is 32.7 Å². The lowest BCUT2D eigenvalue weighted by molar-refractivity contribution is -0.124. The predicted molar refractivity (Wildman–Crippen MR) is 76.8 cm³/mol. The molecule has 0 aliphatic rings. The van der Waals surface area contributed by atoms with E-state index in [0.29, 0.717) is 19.5 Å². The molecule has 4 nitrogen and oxygen atoms in total. The number of nitrogens with one attached hydrogen (secondary N) is 1. The summed E-state index contributed by atoms with van der Waals surface area (Å²) >= 11 is 0. The van der Waals surface area contributed by atoms with E-state index >= 15 is 0 Å². The maximum Gasteiger partial charge on any atom is 0.224 e. The van der Waals surface area contributed by atoms with Crippen LogP contribution in [0.1, 0.15) is 18.4 Å². The van der Waals surface area contributed by atoms with E-state index in [9.17, 15) is 4.79 Å². The Balaban J connectivity index is 2.31. The summed E-state index contributed by atoms with van der Waals surface area (Å²) < 4.78 is 4.96. The summed E-state index contributed by atoms with van der Waals surface area (Å²) in [5.74, 6) is -0.103. The Labute approximate surface area is 115 Å². The lowest BCUT2D eigenvalue weighted by atomic mass is 9.98. The molecule has 0 saturated heterocycles.